The van der Waals surface area contributed by atoms with Crippen LogP contribution in [-0.4, -0.2) is 12.6 Å². The molecule has 0 aromatic heterocycles. The van der Waals surface area contributed by atoms with Crippen molar-refractivity contribution in [2.75, 3.05) is 6.54 Å². The Bertz CT molecular complexity index is 448. The number of rotatable bonds is 5. The second kappa shape index (κ2) is 5.40. The molecule has 1 fully saturated rings. The van der Waals surface area contributed by atoms with Crippen molar-refractivity contribution in [1.29, 1.82) is 0 Å². The molecule has 112 valence electrons. The average Bonchev–Trinajstić information content (AvgIpc) is 2.97. The maximum Gasteiger partial charge on any atom is 0.416 e. The van der Waals surface area contributed by atoms with Crippen molar-refractivity contribution in [3.05, 3.63) is 35.4 Å². The molecule has 1 aromatic carbocycles. The Morgan fingerprint density at radius 1 is 1.25 bits per heavy atom. The SMILES string of the molecule is CCNC(Cc1ccc(C(F)(F)F)cc1)C1CC1(C)C. The van der Waals surface area contributed by atoms with Crippen LogP contribution < -0.4 is 5.32 Å². The minimum absolute atomic E-state index is 0.353. The standard InChI is InChI=1S/C16H22F3N/c1-4-20-14(13-10-15(13,2)3)9-11-5-7-12(8-6-11)16(17,18)19/h5-8,13-14,20H,4,9-10H2,1-3H3. The summed E-state index contributed by atoms with van der Waals surface area (Å²) >= 11 is 0. The van der Waals surface area contributed by atoms with Crippen molar-refractivity contribution in [2.24, 2.45) is 11.3 Å². The van der Waals surface area contributed by atoms with Crippen molar-refractivity contribution < 1.29 is 13.2 Å². The Morgan fingerprint density at radius 3 is 2.20 bits per heavy atom. The summed E-state index contributed by atoms with van der Waals surface area (Å²) in [6.07, 6.45) is -2.27. The molecule has 0 amide bonds. The van der Waals surface area contributed by atoms with Crippen LogP contribution in [0.3, 0.4) is 0 Å². The monoisotopic (exact) mass is 285 g/mol. The van der Waals surface area contributed by atoms with E-state index in [1.54, 1.807) is 12.1 Å². The molecule has 2 rings (SSSR count). The van der Waals surface area contributed by atoms with Crippen molar-refractivity contribution in [2.45, 2.75) is 45.8 Å². The van der Waals surface area contributed by atoms with E-state index in [0.29, 0.717) is 17.4 Å². The lowest BCUT2D eigenvalue weighted by Gasteiger charge is -2.20. The molecule has 1 nitrogen and oxygen atoms in total. The quantitative estimate of drug-likeness (QED) is 0.852. The Kier molecular flexibility index (Phi) is 4.14. The molecule has 2 unspecified atom stereocenters. The predicted octanol–water partition coefficient (Wildman–Crippen LogP) is 4.27. The second-order valence-electron chi connectivity index (χ2n) is 6.36. The number of nitrogens with one attached hydrogen (secondary N) is 1. The smallest absolute Gasteiger partial charge is 0.314 e. The van der Waals surface area contributed by atoms with Gasteiger partial charge in [0.2, 0.25) is 0 Å². The van der Waals surface area contributed by atoms with Gasteiger partial charge in [0.15, 0.2) is 0 Å². The van der Waals surface area contributed by atoms with Gasteiger partial charge in [0.05, 0.1) is 5.56 Å². The number of benzene rings is 1. The van der Waals surface area contributed by atoms with Gasteiger partial charge in [-0.05, 0) is 48.4 Å². The van der Waals surface area contributed by atoms with Gasteiger partial charge in [-0.15, -0.1) is 0 Å². The minimum Gasteiger partial charge on any atom is -0.314 e. The summed E-state index contributed by atoms with van der Waals surface area (Å²) in [7, 11) is 0. The van der Waals surface area contributed by atoms with Crippen LogP contribution in [0.4, 0.5) is 13.2 Å². The molecule has 0 aliphatic heterocycles. The van der Waals surface area contributed by atoms with E-state index in [4.69, 9.17) is 0 Å². The first kappa shape index (κ1) is 15.4. The molecule has 1 saturated carbocycles. The summed E-state index contributed by atoms with van der Waals surface area (Å²) in [5.74, 6) is 0.616. The van der Waals surface area contributed by atoms with Crippen LogP contribution >= 0.6 is 0 Å². The van der Waals surface area contributed by atoms with Crippen molar-refractivity contribution >= 4 is 0 Å². The maximum atomic E-state index is 12.5. The maximum absolute atomic E-state index is 12.5. The number of hydrogen-bond acceptors (Lipinski definition) is 1. The van der Waals surface area contributed by atoms with Gasteiger partial charge in [-0.25, -0.2) is 0 Å². The minimum atomic E-state index is -4.25. The molecule has 1 aromatic rings. The highest BCUT2D eigenvalue weighted by Gasteiger charge is 2.49. The second-order valence-corrected chi connectivity index (χ2v) is 6.36. The number of hydrogen-bond donors (Lipinski definition) is 1. The average molecular weight is 285 g/mol. The Balaban J connectivity index is 2.04. The lowest BCUT2D eigenvalue weighted by molar-refractivity contribution is -0.137. The zero-order valence-electron chi connectivity index (χ0n) is 12.2. The van der Waals surface area contributed by atoms with Gasteiger partial charge in [0.25, 0.3) is 0 Å². The van der Waals surface area contributed by atoms with E-state index in [9.17, 15) is 13.2 Å². The van der Waals surface area contributed by atoms with Gasteiger partial charge >= 0.3 is 6.18 Å². The summed E-state index contributed by atoms with van der Waals surface area (Å²) in [6.45, 7) is 7.44. The molecular weight excluding hydrogens is 263 g/mol. The number of likely N-dealkylation sites (N-methyl/N-ethyl adjacent to an activating group) is 1. The summed E-state index contributed by atoms with van der Waals surface area (Å²) in [4.78, 5) is 0. The fourth-order valence-electron chi connectivity index (χ4n) is 2.90. The molecule has 1 aliphatic carbocycles. The normalized spacial score (nSPS) is 22.6. The summed E-state index contributed by atoms with van der Waals surface area (Å²) in [5.41, 5.74) is 0.748. The lowest BCUT2D eigenvalue weighted by atomic mass is 9.96. The van der Waals surface area contributed by atoms with Crippen LogP contribution in [0.15, 0.2) is 24.3 Å². The van der Waals surface area contributed by atoms with Crippen molar-refractivity contribution in [1.82, 2.24) is 5.32 Å². The van der Waals surface area contributed by atoms with Crippen LogP contribution in [-0.2, 0) is 12.6 Å². The van der Waals surface area contributed by atoms with Crippen molar-refractivity contribution in [3.63, 3.8) is 0 Å². The highest BCUT2D eigenvalue weighted by Crippen LogP contribution is 2.54. The van der Waals surface area contributed by atoms with Gasteiger partial charge in [-0.2, -0.15) is 13.2 Å². The molecular formula is C16H22F3N. The molecule has 0 saturated heterocycles. The van der Waals surface area contributed by atoms with E-state index in [0.717, 1.165) is 18.5 Å². The first-order valence-electron chi connectivity index (χ1n) is 7.13. The first-order valence-corrected chi connectivity index (χ1v) is 7.13. The Labute approximate surface area is 118 Å². The van der Waals surface area contributed by atoms with E-state index >= 15 is 0 Å². The largest absolute Gasteiger partial charge is 0.416 e. The van der Waals surface area contributed by atoms with E-state index in [1.165, 1.54) is 18.6 Å². The topological polar surface area (TPSA) is 12.0 Å². The van der Waals surface area contributed by atoms with Gasteiger partial charge < -0.3 is 5.32 Å². The number of halogens is 3. The molecule has 2 atom stereocenters. The number of alkyl halides is 3. The summed E-state index contributed by atoms with van der Waals surface area (Å²) in [5, 5.41) is 3.47. The van der Waals surface area contributed by atoms with E-state index < -0.39 is 11.7 Å². The summed E-state index contributed by atoms with van der Waals surface area (Å²) < 4.78 is 37.6. The fourth-order valence-corrected chi connectivity index (χ4v) is 2.90. The van der Waals surface area contributed by atoms with E-state index in [2.05, 4.69) is 26.1 Å². The third-order valence-corrected chi connectivity index (χ3v) is 4.28. The highest BCUT2D eigenvalue weighted by molar-refractivity contribution is 5.25. The molecule has 0 spiro atoms. The Hall–Kier alpha value is -1.03. The van der Waals surface area contributed by atoms with Crippen LogP contribution in [0.5, 0.6) is 0 Å². The van der Waals surface area contributed by atoms with Gasteiger partial charge in [0.1, 0.15) is 0 Å². The van der Waals surface area contributed by atoms with E-state index in [-0.39, 0.29) is 0 Å². The molecule has 4 heteroatoms. The molecule has 0 heterocycles. The lowest BCUT2D eigenvalue weighted by Crippen LogP contribution is -2.34. The zero-order valence-corrected chi connectivity index (χ0v) is 12.2. The first-order chi connectivity index (χ1) is 9.24. The zero-order chi connectivity index (χ0) is 15.0. The van der Waals surface area contributed by atoms with Crippen molar-refractivity contribution in [3.8, 4) is 0 Å². The third kappa shape index (κ3) is 3.54. The van der Waals surface area contributed by atoms with Gasteiger partial charge in [-0.3, -0.25) is 0 Å². The van der Waals surface area contributed by atoms with Crippen LogP contribution in [0.2, 0.25) is 0 Å². The highest BCUT2D eigenvalue weighted by atomic mass is 19.4. The van der Waals surface area contributed by atoms with Gasteiger partial charge in [-0.1, -0.05) is 32.9 Å². The van der Waals surface area contributed by atoms with E-state index in [1.807, 2.05) is 0 Å². The molecule has 20 heavy (non-hydrogen) atoms. The fraction of sp³-hybridized carbons (Fsp3) is 0.625. The van der Waals surface area contributed by atoms with Crippen LogP contribution in [0.1, 0.15) is 38.3 Å². The van der Waals surface area contributed by atoms with Crippen LogP contribution in [0.25, 0.3) is 0 Å². The molecule has 0 bridgehead atoms. The van der Waals surface area contributed by atoms with Crippen LogP contribution in [0, 0.1) is 11.3 Å². The third-order valence-electron chi connectivity index (χ3n) is 4.28. The molecule has 1 aliphatic rings. The van der Waals surface area contributed by atoms with Gasteiger partial charge in [0, 0.05) is 6.04 Å². The Morgan fingerprint density at radius 2 is 1.80 bits per heavy atom. The molecule has 0 radical (unpaired) electrons. The predicted molar refractivity (Wildman–Crippen MR) is 74.5 cm³/mol. The molecule has 1 N–H and O–H groups in total. The summed E-state index contributed by atoms with van der Waals surface area (Å²) in [6, 6.07) is 5.91.